The monoisotopic (exact) mass is 422 g/mol. The molecule has 2 heterocycles. The minimum Gasteiger partial charge on any atom is -0.371 e. The molecule has 3 aromatic rings. The van der Waals surface area contributed by atoms with E-state index in [-0.39, 0.29) is 5.82 Å². The Morgan fingerprint density at radius 1 is 1.20 bits per heavy atom. The van der Waals surface area contributed by atoms with Crippen molar-refractivity contribution >= 4 is 5.69 Å². The fourth-order valence-electron chi connectivity index (χ4n) is 3.39. The number of nitrogens with zero attached hydrogens (tertiary/aromatic N) is 3. The molecule has 0 aliphatic carbocycles. The van der Waals surface area contributed by atoms with E-state index in [9.17, 15) is 22.8 Å². The zero-order valence-electron chi connectivity index (χ0n) is 15.8. The van der Waals surface area contributed by atoms with Crippen molar-refractivity contribution in [3.05, 3.63) is 61.7 Å². The molecule has 1 N–H and O–H groups in total. The van der Waals surface area contributed by atoms with Crippen LogP contribution in [0.5, 0.6) is 0 Å². The quantitative estimate of drug-likeness (QED) is 0.620. The zero-order valence-corrected chi connectivity index (χ0v) is 15.8. The molecule has 11 heteroatoms. The fourth-order valence-corrected chi connectivity index (χ4v) is 3.39. The Labute approximate surface area is 168 Å². The molecule has 0 bridgehead atoms. The summed E-state index contributed by atoms with van der Waals surface area (Å²) in [6, 6.07) is 6.48. The number of alkyl halides is 3. The molecule has 30 heavy (non-hydrogen) atoms. The summed E-state index contributed by atoms with van der Waals surface area (Å²) in [5.74, 6) is -1.58. The van der Waals surface area contributed by atoms with Crippen molar-refractivity contribution in [3.63, 3.8) is 0 Å². The number of rotatable bonds is 5. The molecule has 8 nitrogen and oxygen atoms in total. The number of nitrogens with one attached hydrogen (secondary N) is 1. The van der Waals surface area contributed by atoms with E-state index in [1.807, 2.05) is 0 Å². The summed E-state index contributed by atoms with van der Waals surface area (Å²) >= 11 is 0. The summed E-state index contributed by atoms with van der Waals surface area (Å²) in [6.07, 6.45) is -5.16. The Kier molecular flexibility index (Phi) is 5.16. The maximum atomic E-state index is 12.6. The number of hydrogen-bond donors (Lipinski definition) is 1. The van der Waals surface area contributed by atoms with E-state index in [0.717, 1.165) is 5.56 Å². The van der Waals surface area contributed by atoms with Crippen molar-refractivity contribution in [1.29, 1.82) is 0 Å². The summed E-state index contributed by atoms with van der Waals surface area (Å²) in [7, 11) is 1.69. The Balaban J connectivity index is 1.49. The van der Waals surface area contributed by atoms with Crippen molar-refractivity contribution in [2.75, 3.05) is 31.6 Å². The lowest BCUT2D eigenvalue weighted by Gasteiger charge is -2.30. The van der Waals surface area contributed by atoms with E-state index < -0.39 is 29.0 Å². The average molecular weight is 422 g/mol. The second-order valence-corrected chi connectivity index (χ2v) is 6.96. The van der Waals surface area contributed by atoms with Gasteiger partial charge in [-0.05, 0) is 5.56 Å². The normalized spacial score (nSPS) is 17.4. The van der Waals surface area contributed by atoms with Crippen LogP contribution >= 0.6 is 0 Å². The largest absolute Gasteiger partial charge is 0.471 e. The molecule has 1 aromatic heterocycles. The minimum absolute atomic E-state index is 0.172. The number of ether oxygens (including phenoxy) is 1. The van der Waals surface area contributed by atoms with Gasteiger partial charge in [0, 0.05) is 32.2 Å². The van der Waals surface area contributed by atoms with Gasteiger partial charge in [-0.15, -0.1) is 0 Å². The third kappa shape index (κ3) is 3.73. The first-order valence-electron chi connectivity index (χ1n) is 9.12. The fraction of sp³-hybridized carbons (Fsp3) is 0.368. The molecule has 1 aliphatic heterocycles. The van der Waals surface area contributed by atoms with Crippen LogP contribution in [0.3, 0.4) is 0 Å². The highest BCUT2D eigenvalue weighted by Crippen LogP contribution is 2.30. The molecule has 1 fully saturated rings. The van der Waals surface area contributed by atoms with Crippen LogP contribution in [0.2, 0.25) is 0 Å². The average Bonchev–Trinajstić information content (AvgIpc) is 3.23. The van der Waals surface area contributed by atoms with Crippen LogP contribution in [0.1, 0.15) is 23.1 Å². The lowest BCUT2D eigenvalue weighted by atomic mass is 9.99. The lowest BCUT2D eigenvalue weighted by Crippen LogP contribution is -2.47. The Morgan fingerprint density at radius 2 is 1.93 bits per heavy atom. The number of morpholine rings is 1. The molecule has 0 amide bonds. The van der Waals surface area contributed by atoms with Gasteiger partial charge in [0.25, 0.3) is 0 Å². The van der Waals surface area contributed by atoms with Crippen LogP contribution in [-0.4, -0.2) is 36.9 Å². The van der Waals surface area contributed by atoms with E-state index in [4.69, 9.17) is 4.74 Å². The first-order chi connectivity index (χ1) is 14.3. The lowest BCUT2D eigenvalue weighted by molar-refractivity contribution is -0.159. The molecule has 0 radical (unpaired) electrons. The van der Waals surface area contributed by atoms with Crippen molar-refractivity contribution in [2.24, 2.45) is 0 Å². The van der Waals surface area contributed by atoms with Gasteiger partial charge in [0.05, 0.1) is 17.9 Å². The molecular weight excluding hydrogens is 405 g/mol. The molecule has 158 valence electrons. The Hall–Kier alpha value is -3.05. The van der Waals surface area contributed by atoms with Gasteiger partial charge in [-0.25, -0.2) is 0 Å². The Bertz CT molecular complexity index is 1110. The van der Waals surface area contributed by atoms with Crippen LogP contribution in [0.15, 0.2) is 38.4 Å². The van der Waals surface area contributed by atoms with Gasteiger partial charge in [0.2, 0.25) is 16.7 Å². The van der Waals surface area contributed by atoms with Gasteiger partial charge in [-0.3, -0.25) is 9.59 Å². The molecule has 1 saturated heterocycles. The summed E-state index contributed by atoms with van der Waals surface area (Å²) in [6.45, 7) is 1.93. The molecule has 1 unspecified atom stereocenters. The second-order valence-electron chi connectivity index (χ2n) is 6.96. The third-order valence-electron chi connectivity index (χ3n) is 4.85. The SMILES string of the molecule is CN(Cc1ccc(-c2noc(C(F)(F)F)n2)cc1)c1c(C2CNCCO2)c(=O)c1=O. The van der Waals surface area contributed by atoms with Crippen molar-refractivity contribution < 1.29 is 22.4 Å². The summed E-state index contributed by atoms with van der Waals surface area (Å²) in [4.78, 5) is 29.2. The molecule has 0 spiro atoms. The summed E-state index contributed by atoms with van der Waals surface area (Å²) < 4.78 is 47.6. The number of benzene rings is 1. The van der Waals surface area contributed by atoms with E-state index in [0.29, 0.717) is 43.1 Å². The van der Waals surface area contributed by atoms with Crippen LogP contribution in [0, 0.1) is 0 Å². The smallest absolute Gasteiger partial charge is 0.371 e. The van der Waals surface area contributed by atoms with Gasteiger partial charge in [-0.1, -0.05) is 29.4 Å². The molecule has 1 aliphatic rings. The van der Waals surface area contributed by atoms with E-state index in [1.54, 1.807) is 36.2 Å². The highest BCUT2D eigenvalue weighted by molar-refractivity contribution is 5.60. The molecule has 0 saturated carbocycles. The van der Waals surface area contributed by atoms with Crippen LogP contribution in [0.4, 0.5) is 18.9 Å². The molecule has 4 rings (SSSR count). The minimum atomic E-state index is -4.70. The number of hydrogen-bond acceptors (Lipinski definition) is 8. The zero-order chi connectivity index (χ0) is 21.5. The van der Waals surface area contributed by atoms with Gasteiger partial charge in [-0.2, -0.15) is 18.2 Å². The van der Waals surface area contributed by atoms with Gasteiger partial charge in [0.1, 0.15) is 6.10 Å². The summed E-state index contributed by atoms with van der Waals surface area (Å²) in [5.41, 5.74) is 0.756. The highest BCUT2D eigenvalue weighted by atomic mass is 19.4. The van der Waals surface area contributed by atoms with Gasteiger partial charge < -0.3 is 19.5 Å². The predicted octanol–water partition coefficient (Wildman–Crippen LogP) is 1.65. The number of anilines is 1. The number of halogens is 3. The first kappa shape index (κ1) is 20.2. The van der Waals surface area contributed by atoms with Crippen LogP contribution in [-0.2, 0) is 17.5 Å². The van der Waals surface area contributed by atoms with Gasteiger partial charge >= 0.3 is 12.1 Å². The first-order valence-corrected chi connectivity index (χ1v) is 9.12. The third-order valence-corrected chi connectivity index (χ3v) is 4.85. The van der Waals surface area contributed by atoms with Crippen molar-refractivity contribution in [2.45, 2.75) is 18.8 Å². The van der Waals surface area contributed by atoms with Gasteiger partial charge in [0.15, 0.2) is 0 Å². The summed E-state index contributed by atoms with van der Waals surface area (Å²) in [5, 5.41) is 6.48. The van der Waals surface area contributed by atoms with Crippen LogP contribution in [0.25, 0.3) is 11.4 Å². The second kappa shape index (κ2) is 7.65. The maximum absolute atomic E-state index is 12.6. The van der Waals surface area contributed by atoms with Crippen molar-refractivity contribution in [3.8, 4) is 11.4 Å². The van der Waals surface area contributed by atoms with E-state index >= 15 is 0 Å². The van der Waals surface area contributed by atoms with Crippen molar-refractivity contribution in [1.82, 2.24) is 15.5 Å². The highest BCUT2D eigenvalue weighted by Gasteiger charge is 2.38. The van der Waals surface area contributed by atoms with E-state index in [1.165, 1.54) is 0 Å². The molecule has 2 aromatic carbocycles. The maximum Gasteiger partial charge on any atom is 0.471 e. The standard InChI is InChI=1S/C19H17F3N4O4/c1-26(14-13(15(27)16(14)28)12-8-23-6-7-29-12)9-10-2-4-11(5-3-10)17-24-18(30-25-17)19(20,21)22/h2-5,12,23H,6-9H2,1H3. The topological polar surface area (TPSA) is 97.6 Å². The van der Waals surface area contributed by atoms with Crippen LogP contribution < -0.4 is 21.1 Å². The molecular formula is C19H17F3N4O4. The van der Waals surface area contributed by atoms with E-state index in [2.05, 4.69) is 20.0 Å². The molecule has 1 atom stereocenters. The Morgan fingerprint density at radius 3 is 2.53 bits per heavy atom. The number of aromatic nitrogens is 2. The predicted molar refractivity (Wildman–Crippen MR) is 99.8 cm³/mol.